The first-order valence-electron chi connectivity index (χ1n) is 27.2. The van der Waals surface area contributed by atoms with E-state index in [0.29, 0.717) is 25.7 Å². The number of aliphatic hydroxyl groups is 2. The van der Waals surface area contributed by atoms with Crippen molar-refractivity contribution in [2.45, 2.75) is 302 Å². The second-order valence-corrected chi connectivity index (χ2v) is 18.6. The fraction of sp³-hybridized carbons (Fsp3) is 0.857. The fourth-order valence-electron chi connectivity index (χ4n) is 8.30. The fourth-order valence-corrected chi connectivity index (χ4v) is 8.30. The molecule has 3 unspecified atom stereocenters. The van der Waals surface area contributed by atoms with Crippen LogP contribution in [0.15, 0.2) is 36.5 Å². The van der Waals surface area contributed by atoms with Gasteiger partial charge in [-0.1, -0.05) is 237 Å². The molecular weight excluding hydrogens is 767 g/mol. The minimum absolute atomic E-state index is 0.0549. The van der Waals surface area contributed by atoms with E-state index in [1.807, 2.05) is 0 Å². The predicted octanol–water partition coefficient (Wildman–Crippen LogP) is 16.5. The summed E-state index contributed by atoms with van der Waals surface area (Å²) < 4.78 is 5.91. The van der Waals surface area contributed by atoms with Gasteiger partial charge in [0.15, 0.2) is 0 Å². The molecule has 0 rings (SSSR count). The molecule has 364 valence electrons. The molecular formula is C56H105NO5. The molecule has 0 aliphatic rings. The second-order valence-electron chi connectivity index (χ2n) is 18.6. The van der Waals surface area contributed by atoms with Gasteiger partial charge in [-0.05, 0) is 70.6 Å². The molecule has 0 aromatic rings. The highest BCUT2D eigenvalue weighted by Crippen LogP contribution is 2.18. The van der Waals surface area contributed by atoms with Gasteiger partial charge in [0, 0.05) is 6.42 Å². The van der Waals surface area contributed by atoms with Gasteiger partial charge in [0.25, 0.3) is 0 Å². The molecule has 3 N–H and O–H groups in total. The summed E-state index contributed by atoms with van der Waals surface area (Å²) in [5, 5.41) is 23.8. The van der Waals surface area contributed by atoms with Gasteiger partial charge < -0.3 is 20.3 Å². The van der Waals surface area contributed by atoms with Crippen LogP contribution in [-0.4, -0.2) is 46.9 Å². The first kappa shape index (κ1) is 60.1. The minimum atomic E-state index is -0.795. The van der Waals surface area contributed by atoms with Crippen molar-refractivity contribution in [1.82, 2.24) is 5.32 Å². The Bertz CT molecular complexity index is 1020. The Morgan fingerprint density at radius 1 is 0.468 bits per heavy atom. The third-order valence-corrected chi connectivity index (χ3v) is 12.5. The summed E-state index contributed by atoms with van der Waals surface area (Å²) in [7, 11) is 0. The zero-order valence-electron chi connectivity index (χ0n) is 41.5. The van der Waals surface area contributed by atoms with Crippen molar-refractivity contribution in [1.29, 1.82) is 0 Å². The van der Waals surface area contributed by atoms with Gasteiger partial charge in [-0.2, -0.15) is 0 Å². The van der Waals surface area contributed by atoms with Gasteiger partial charge in [-0.3, -0.25) is 9.59 Å². The molecule has 3 atom stereocenters. The molecule has 0 aromatic carbocycles. The van der Waals surface area contributed by atoms with Gasteiger partial charge in [0.05, 0.1) is 25.2 Å². The lowest BCUT2D eigenvalue weighted by molar-refractivity contribution is -0.150. The Morgan fingerprint density at radius 2 is 0.823 bits per heavy atom. The molecule has 0 spiro atoms. The first-order chi connectivity index (χ1) is 30.5. The summed E-state index contributed by atoms with van der Waals surface area (Å²) in [6.07, 6.45) is 59.3. The molecule has 0 aliphatic heterocycles. The van der Waals surface area contributed by atoms with Crippen molar-refractivity contribution in [2.75, 3.05) is 6.61 Å². The van der Waals surface area contributed by atoms with Crippen LogP contribution < -0.4 is 5.32 Å². The molecule has 0 heterocycles. The predicted molar refractivity (Wildman–Crippen MR) is 269 cm³/mol. The smallest absolute Gasteiger partial charge is 0.306 e. The summed E-state index contributed by atoms with van der Waals surface area (Å²) >= 11 is 0. The number of aliphatic hydroxyl groups excluding tert-OH is 2. The van der Waals surface area contributed by atoms with Gasteiger partial charge in [-0.25, -0.2) is 0 Å². The lowest BCUT2D eigenvalue weighted by atomic mass is 10.0. The summed E-state index contributed by atoms with van der Waals surface area (Å²) in [4.78, 5) is 26.1. The molecule has 0 bridgehead atoms. The molecule has 0 saturated carbocycles. The van der Waals surface area contributed by atoms with E-state index >= 15 is 0 Å². The highest BCUT2D eigenvalue weighted by molar-refractivity contribution is 5.77. The average molecular weight is 872 g/mol. The molecule has 1 amide bonds. The van der Waals surface area contributed by atoms with Crippen molar-refractivity contribution in [3.63, 3.8) is 0 Å². The van der Waals surface area contributed by atoms with Crippen molar-refractivity contribution in [3.05, 3.63) is 36.5 Å². The third kappa shape index (κ3) is 44.7. The van der Waals surface area contributed by atoms with Crippen LogP contribution in [0.3, 0.4) is 0 Å². The Kier molecular flexibility index (Phi) is 48.5. The van der Waals surface area contributed by atoms with Crippen LogP contribution >= 0.6 is 0 Å². The number of hydrogen-bond acceptors (Lipinski definition) is 5. The van der Waals surface area contributed by atoms with Crippen molar-refractivity contribution in [3.8, 4) is 0 Å². The van der Waals surface area contributed by atoms with Gasteiger partial charge in [0.1, 0.15) is 6.10 Å². The Balaban J connectivity index is 4.62. The number of unbranched alkanes of at least 4 members (excludes halogenated alkanes) is 31. The highest BCUT2D eigenvalue weighted by atomic mass is 16.5. The second kappa shape index (κ2) is 50.1. The van der Waals surface area contributed by atoms with Gasteiger partial charge >= 0.3 is 5.97 Å². The van der Waals surface area contributed by atoms with Crippen LogP contribution in [0.1, 0.15) is 284 Å². The van der Waals surface area contributed by atoms with Crippen LogP contribution in [0.25, 0.3) is 0 Å². The molecule has 0 aromatic heterocycles. The molecule has 62 heavy (non-hydrogen) atoms. The molecule has 6 heteroatoms. The summed E-state index contributed by atoms with van der Waals surface area (Å²) in [5.41, 5.74) is 0. The number of nitrogens with one attached hydrogen (secondary N) is 1. The number of rotatable bonds is 49. The van der Waals surface area contributed by atoms with E-state index < -0.39 is 18.2 Å². The largest absolute Gasteiger partial charge is 0.462 e. The zero-order chi connectivity index (χ0) is 45.2. The molecule has 0 fully saturated rings. The van der Waals surface area contributed by atoms with E-state index in [-0.39, 0.29) is 24.9 Å². The maximum atomic E-state index is 13.2. The Labute approximate surface area is 385 Å². The van der Waals surface area contributed by atoms with E-state index in [9.17, 15) is 19.8 Å². The Hall–Kier alpha value is -1.92. The van der Waals surface area contributed by atoms with E-state index in [1.54, 1.807) is 0 Å². The number of carbonyl (C=O) groups excluding carboxylic acids is 2. The van der Waals surface area contributed by atoms with Crippen LogP contribution in [0, 0.1) is 0 Å². The van der Waals surface area contributed by atoms with Crippen LogP contribution in [0.5, 0.6) is 0 Å². The maximum Gasteiger partial charge on any atom is 0.306 e. The molecule has 0 aliphatic carbocycles. The number of esters is 1. The van der Waals surface area contributed by atoms with Gasteiger partial charge in [-0.15, -0.1) is 0 Å². The lowest BCUT2D eigenvalue weighted by Gasteiger charge is -2.24. The Morgan fingerprint density at radius 3 is 1.24 bits per heavy atom. The van der Waals surface area contributed by atoms with Crippen molar-refractivity contribution < 1.29 is 24.5 Å². The number of hydrogen-bond donors (Lipinski definition) is 3. The summed E-state index contributed by atoms with van der Waals surface area (Å²) in [6.45, 7) is 6.47. The standard InChI is InChI=1S/C56H105NO5/c1-4-7-10-13-16-19-22-25-26-27-28-31-32-35-38-41-44-47-52(62-56(61)49-46-43-40-37-34-30-24-21-18-15-12-9-6-3)50-55(60)57-53(51-58)54(59)48-45-42-39-36-33-29-23-20-17-14-11-8-5-2/h25-26,30,34,40,43,52-54,58-59H,4-24,27-29,31-33,35-39,41-42,44-51H2,1-3H3,(H,57,60)/b26-25+,34-30-,43-40+. The number of carbonyl (C=O) groups is 2. The van der Waals surface area contributed by atoms with E-state index in [0.717, 1.165) is 51.4 Å². The minimum Gasteiger partial charge on any atom is -0.462 e. The number of ether oxygens (including phenoxy) is 1. The monoisotopic (exact) mass is 872 g/mol. The SMILES string of the molecule is CCCCCCCC/C=C\C/C=C/CCC(=O)OC(CCCCCCCCC/C=C/CCCCCCCC)CC(=O)NC(CO)C(O)CCCCCCCCCCCCCCC. The summed E-state index contributed by atoms with van der Waals surface area (Å²) in [6, 6.07) is -0.711. The van der Waals surface area contributed by atoms with E-state index in [4.69, 9.17) is 4.74 Å². The van der Waals surface area contributed by atoms with Crippen LogP contribution in [0.2, 0.25) is 0 Å². The van der Waals surface area contributed by atoms with E-state index in [2.05, 4.69) is 62.5 Å². The van der Waals surface area contributed by atoms with Crippen LogP contribution in [-0.2, 0) is 14.3 Å². The third-order valence-electron chi connectivity index (χ3n) is 12.5. The van der Waals surface area contributed by atoms with Crippen molar-refractivity contribution in [2.24, 2.45) is 0 Å². The topological polar surface area (TPSA) is 95.9 Å². The lowest BCUT2D eigenvalue weighted by Crippen LogP contribution is -2.46. The van der Waals surface area contributed by atoms with Crippen LogP contribution in [0.4, 0.5) is 0 Å². The first-order valence-corrected chi connectivity index (χ1v) is 27.2. The maximum absolute atomic E-state index is 13.2. The zero-order valence-corrected chi connectivity index (χ0v) is 41.5. The average Bonchev–Trinajstić information content (AvgIpc) is 3.26. The van der Waals surface area contributed by atoms with E-state index in [1.165, 1.54) is 180 Å². The summed E-state index contributed by atoms with van der Waals surface area (Å²) in [5.74, 6) is -0.548. The molecule has 6 nitrogen and oxygen atoms in total. The van der Waals surface area contributed by atoms with Crippen molar-refractivity contribution >= 4 is 11.9 Å². The van der Waals surface area contributed by atoms with Gasteiger partial charge in [0.2, 0.25) is 5.91 Å². The number of amides is 1. The highest BCUT2D eigenvalue weighted by Gasteiger charge is 2.24. The molecule has 0 radical (unpaired) electrons. The normalized spacial score (nSPS) is 13.4. The quantitative estimate of drug-likeness (QED) is 0.0321. The molecule has 0 saturated heterocycles. The number of allylic oxidation sites excluding steroid dienone is 6.